The predicted octanol–water partition coefficient (Wildman–Crippen LogP) is 10.8. The number of hydrogen-bond acceptors (Lipinski definition) is 0. The molecule has 0 saturated heterocycles. The van der Waals surface area contributed by atoms with Crippen LogP contribution in [0.15, 0.2) is 60.7 Å². The Morgan fingerprint density at radius 2 is 1.32 bits per heavy atom. The SMILES string of the molecule is C[CH-]C1CCCCC1.C[CH-]C1CCCCC1.Cl.Cl.[C-]1=CC=CC1.[CH2]=[Zr].[c-]1cccc2c1Cc1ccccc1-2. The first-order chi connectivity index (χ1) is 17.8. The molecule has 3 heteroatoms. The topological polar surface area (TPSA) is 0 Å². The van der Waals surface area contributed by atoms with Crippen molar-refractivity contribution >= 4 is 29.0 Å². The van der Waals surface area contributed by atoms with Gasteiger partial charge in [0.05, 0.1) is 0 Å². The first-order valence-electron chi connectivity index (χ1n) is 14.1. The van der Waals surface area contributed by atoms with Crippen LogP contribution in [0.5, 0.6) is 0 Å². The maximum atomic E-state index is 3.34. The van der Waals surface area contributed by atoms with E-state index in [-0.39, 0.29) is 24.8 Å². The fourth-order valence-electron chi connectivity index (χ4n) is 5.27. The summed E-state index contributed by atoms with van der Waals surface area (Å²) < 4.78 is 3.34. The van der Waals surface area contributed by atoms with Gasteiger partial charge in [-0.1, -0.05) is 99.6 Å². The Morgan fingerprint density at radius 3 is 1.76 bits per heavy atom. The van der Waals surface area contributed by atoms with Crippen molar-refractivity contribution in [3.05, 3.63) is 96.8 Å². The van der Waals surface area contributed by atoms with Gasteiger partial charge in [0.2, 0.25) is 0 Å². The Labute approximate surface area is 262 Å². The van der Waals surface area contributed by atoms with Crippen molar-refractivity contribution in [2.45, 2.75) is 90.9 Å². The molecule has 0 unspecified atom stereocenters. The first kappa shape index (κ1) is 37.3. The molecule has 2 aromatic carbocycles. The Hall–Kier alpha value is -0.747. The van der Waals surface area contributed by atoms with E-state index < -0.39 is 0 Å². The predicted molar refractivity (Wildman–Crippen MR) is 170 cm³/mol. The molecule has 6 rings (SSSR count). The van der Waals surface area contributed by atoms with Crippen LogP contribution in [0.3, 0.4) is 0 Å². The number of benzene rings is 2. The molecule has 4 aliphatic rings. The van der Waals surface area contributed by atoms with Crippen LogP contribution >= 0.6 is 24.8 Å². The molecule has 2 fully saturated rings. The van der Waals surface area contributed by atoms with Crippen LogP contribution in [0, 0.1) is 36.8 Å². The third-order valence-electron chi connectivity index (χ3n) is 7.44. The fourth-order valence-corrected chi connectivity index (χ4v) is 5.27. The number of hydrogen-bond donors (Lipinski definition) is 0. The Morgan fingerprint density at radius 1 is 0.763 bits per heavy atom. The summed E-state index contributed by atoms with van der Waals surface area (Å²) in [6, 6.07) is 18.1. The first-order valence-corrected chi connectivity index (χ1v) is 15.8. The number of allylic oxidation sites excluding steroid dienone is 4. The quantitative estimate of drug-likeness (QED) is 0.247. The van der Waals surface area contributed by atoms with Crippen molar-refractivity contribution in [2.24, 2.45) is 11.8 Å². The van der Waals surface area contributed by atoms with E-state index in [2.05, 4.69) is 85.5 Å². The van der Waals surface area contributed by atoms with Crippen LogP contribution in [0.4, 0.5) is 0 Å². The van der Waals surface area contributed by atoms with Gasteiger partial charge in [-0.2, -0.15) is 61.6 Å². The van der Waals surface area contributed by atoms with Gasteiger partial charge in [0.15, 0.2) is 0 Å². The summed E-state index contributed by atoms with van der Waals surface area (Å²) in [7, 11) is 0. The molecule has 0 bridgehead atoms. The van der Waals surface area contributed by atoms with Gasteiger partial charge in [0.25, 0.3) is 0 Å². The second kappa shape index (κ2) is 24.1. The number of halogens is 2. The Bertz CT molecular complexity index is 821. The van der Waals surface area contributed by atoms with Crippen molar-refractivity contribution in [1.82, 2.24) is 0 Å². The molecular weight excluding hydrogens is 583 g/mol. The summed E-state index contributed by atoms with van der Waals surface area (Å²) in [4.78, 5) is 0. The number of fused-ring (bicyclic) bond motifs is 3. The zero-order valence-corrected chi connectivity index (χ0v) is 27.7. The molecule has 0 aliphatic heterocycles. The van der Waals surface area contributed by atoms with E-state index >= 15 is 0 Å². The zero-order chi connectivity index (χ0) is 25.8. The molecular formula is C35H48Cl2Zr-4. The van der Waals surface area contributed by atoms with Gasteiger partial charge in [-0.15, -0.1) is 36.8 Å². The van der Waals surface area contributed by atoms with E-state index in [0.29, 0.717) is 0 Å². The van der Waals surface area contributed by atoms with Crippen molar-refractivity contribution < 1.29 is 24.2 Å². The second-order valence-corrected chi connectivity index (χ2v) is 9.86. The van der Waals surface area contributed by atoms with E-state index in [9.17, 15) is 0 Å². The Balaban J connectivity index is 0.000000486. The van der Waals surface area contributed by atoms with E-state index in [1.54, 1.807) is 0 Å². The van der Waals surface area contributed by atoms with Gasteiger partial charge < -0.3 is 12.8 Å². The fraction of sp³-hybridized carbons (Fsp3) is 0.457. The summed E-state index contributed by atoms with van der Waals surface area (Å²) in [6.07, 6.45) is 30.4. The molecule has 0 spiro atoms. The minimum absolute atomic E-state index is 0. The standard InChI is InChI=1S/C13H9.2C8H15.C5H5.CH2.2ClH.Zr/c1-3-7-12-10(5-1)9-11-6-2-4-8-13(11)12;2*1-2-8-6-4-3-5-7-8;1-2-4-5-3-1;;;;/h1-5,7-8H,9H2;2*2,8H,3-7H2,1H3;1-3H,4H2;1H2;2*1H;/q4*-1;;;;. The van der Waals surface area contributed by atoms with Crippen LogP contribution in [-0.2, 0) is 30.7 Å². The molecule has 0 nitrogen and oxygen atoms in total. The summed E-state index contributed by atoms with van der Waals surface area (Å²) in [5.41, 5.74) is 5.51. The molecule has 38 heavy (non-hydrogen) atoms. The van der Waals surface area contributed by atoms with Crippen LogP contribution in [0.2, 0.25) is 0 Å². The zero-order valence-electron chi connectivity index (χ0n) is 23.6. The molecule has 0 N–H and O–H groups in total. The van der Waals surface area contributed by atoms with Gasteiger partial charge in [-0.25, -0.2) is 12.2 Å². The normalized spacial score (nSPS) is 16.6. The van der Waals surface area contributed by atoms with Crippen LogP contribution in [0.25, 0.3) is 11.1 Å². The molecule has 0 amide bonds. The second-order valence-electron chi connectivity index (χ2n) is 9.86. The Kier molecular flexibility index (Phi) is 23.6. The average Bonchev–Trinajstić information content (AvgIpc) is 3.68. The van der Waals surface area contributed by atoms with Crippen LogP contribution < -0.4 is 0 Å². The van der Waals surface area contributed by atoms with Crippen molar-refractivity contribution in [3.63, 3.8) is 0 Å². The van der Waals surface area contributed by atoms with E-state index in [0.717, 1.165) is 24.7 Å². The summed E-state index contributed by atoms with van der Waals surface area (Å²) in [5.74, 6) is 1.92. The molecule has 4 aliphatic carbocycles. The van der Waals surface area contributed by atoms with Crippen LogP contribution in [0.1, 0.15) is 95.6 Å². The van der Waals surface area contributed by atoms with Crippen molar-refractivity contribution in [3.8, 4) is 11.1 Å². The molecule has 2 aromatic rings. The van der Waals surface area contributed by atoms with Crippen molar-refractivity contribution in [1.29, 1.82) is 0 Å². The molecule has 0 aromatic heterocycles. The summed E-state index contributed by atoms with van der Waals surface area (Å²) in [5, 5.41) is 0. The van der Waals surface area contributed by atoms with Crippen molar-refractivity contribution in [2.75, 3.05) is 0 Å². The number of rotatable bonds is 2. The van der Waals surface area contributed by atoms with Gasteiger partial charge in [-0.3, -0.25) is 6.08 Å². The minimum atomic E-state index is 0. The molecule has 0 radical (unpaired) electrons. The average molecular weight is 631 g/mol. The molecule has 0 atom stereocenters. The molecule has 210 valence electrons. The third kappa shape index (κ3) is 14.1. The molecule has 0 heterocycles. The summed E-state index contributed by atoms with van der Waals surface area (Å²) in [6.45, 7) is 4.38. The van der Waals surface area contributed by atoms with Crippen LogP contribution in [-0.4, -0.2) is 4.21 Å². The third-order valence-corrected chi connectivity index (χ3v) is 7.44. The van der Waals surface area contributed by atoms with E-state index in [4.69, 9.17) is 0 Å². The summed E-state index contributed by atoms with van der Waals surface area (Å²) >= 11 is 1.30. The minimum Gasteiger partial charge on any atom is -0.179 e. The van der Waals surface area contributed by atoms with Gasteiger partial charge >= 0.3 is 28.4 Å². The maximum Gasteiger partial charge on any atom is -0.0253 e. The van der Waals surface area contributed by atoms with Gasteiger partial charge in [-0.05, 0) is 6.42 Å². The van der Waals surface area contributed by atoms with E-state index in [1.807, 2.05) is 18.2 Å². The van der Waals surface area contributed by atoms with Gasteiger partial charge in [0, 0.05) is 0 Å². The van der Waals surface area contributed by atoms with E-state index in [1.165, 1.54) is 111 Å². The van der Waals surface area contributed by atoms with Gasteiger partial charge in [0.1, 0.15) is 0 Å². The smallest absolute Gasteiger partial charge is 0.0253 e. The monoisotopic (exact) mass is 628 g/mol. The largest absolute Gasteiger partial charge is 0.179 e. The maximum absolute atomic E-state index is 3.34. The molecule has 2 saturated carbocycles.